The Bertz CT molecular complexity index is 749. The highest BCUT2D eigenvalue weighted by Crippen LogP contribution is 2.52. The summed E-state index contributed by atoms with van der Waals surface area (Å²) in [7, 11) is 0. The van der Waals surface area contributed by atoms with Crippen LogP contribution in [0.4, 0.5) is 5.82 Å². The van der Waals surface area contributed by atoms with Crippen LogP contribution in [0.15, 0.2) is 6.07 Å². The summed E-state index contributed by atoms with van der Waals surface area (Å²) in [5.74, 6) is 1.14. The number of ether oxygens (including phenoxy) is 1. The Labute approximate surface area is 148 Å². The number of amides is 1. The molecule has 1 saturated carbocycles. The third kappa shape index (κ3) is 2.98. The van der Waals surface area contributed by atoms with Gasteiger partial charge in [-0.3, -0.25) is 4.79 Å². The number of hydrogen-bond donors (Lipinski definition) is 1. The Kier molecular flexibility index (Phi) is 3.92. The largest absolute Gasteiger partial charge is 0.377 e. The first-order chi connectivity index (χ1) is 12.0. The molecule has 132 valence electrons. The lowest BCUT2D eigenvalue weighted by Gasteiger charge is -2.34. The van der Waals surface area contributed by atoms with Crippen LogP contribution in [-0.4, -0.2) is 36.7 Å². The van der Waals surface area contributed by atoms with Crippen molar-refractivity contribution < 1.29 is 9.53 Å². The molecule has 1 N–H and O–H groups in total. The molecule has 1 amide bonds. The molecule has 2 aliphatic heterocycles. The molecule has 3 heterocycles. The molecule has 2 fully saturated rings. The first kappa shape index (κ1) is 16.3. The van der Waals surface area contributed by atoms with Gasteiger partial charge in [0.2, 0.25) is 0 Å². The molecule has 1 aliphatic carbocycles. The van der Waals surface area contributed by atoms with Crippen molar-refractivity contribution in [1.82, 2.24) is 10.3 Å². The fraction of sp³-hybridized carbons (Fsp3) is 0.632. The Morgan fingerprint density at radius 2 is 2.24 bits per heavy atom. The third-order valence-electron chi connectivity index (χ3n) is 5.82. The second-order valence-corrected chi connectivity index (χ2v) is 7.84. The van der Waals surface area contributed by atoms with E-state index in [2.05, 4.69) is 23.2 Å². The summed E-state index contributed by atoms with van der Waals surface area (Å²) in [5, 5.41) is 11.8. The molecule has 0 spiro atoms. The molecule has 4 rings (SSSR count). The Morgan fingerprint density at radius 3 is 2.92 bits per heavy atom. The van der Waals surface area contributed by atoms with Crippen molar-refractivity contribution in [2.75, 3.05) is 24.6 Å². The van der Waals surface area contributed by atoms with Crippen molar-refractivity contribution in [1.29, 1.82) is 5.26 Å². The third-order valence-corrected chi connectivity index (χ3v) is 5.82. The topological polar surface area (TPSA) is 78.2 Å². The van der Waals surface area contributed by atoms with Crippen molar-refractivity contribution in [2.45, 2.75) is 45.8 Å². The highest BCUT2D eigenvalue weighted by Gasteiger charge is 2.51. The maximum Gasteiger partial charge on any atom is 0.253 e. The number of carbonyl (C=O) groups excluding carboxylic acids is 1. The minimum absolute atomic E-state index is 0.0199. The van der Waals surface area contributed by atoms with Gasteiger partial charge in [0.15, 0.2) is 0 Å². The molecular weight excluding hydrogens is 316 g/mol. The molecule has 0 bridgehead atoms. The summed E-state index contributed by atoms with van der Waals surface area (Å²) in [6, 6.07) is 4.31. The van der Waals surface area contributed by atoms with Crippen LogP contribution >= 0.6 is 0 Å². The molecule has 1 aromatic heterocycles. The lowest BCUT2D eigenvalue weighted by atomic mass is 10.0. The van der Waals surface area contributed by atoms with Gasteiger partial charge in [0.25, 0.3) is 5.91 Å². The second kappa shape index (κ2) is 5.99. The van der Waals surface area contributed by atoms with E-state index >= 15 is 0 Å². The molecular formula is C19H24N4O2. The summed E-state index contributed by atoms with van der Waals surface area (Å²) in [4.78, 5) is 18.8. The molecule has 1 unspecified atom stereocenters. The quantitative estimate of drug-likeness (QED) is 0.909. The lowest BCUT2D eigenvalue weighted by Crippen LogP contribution is -2.38. The molecule has 6 nitrogen and oxygen atoms in total. The second-order valence-electron chi connectivity index (χ2n) is 7.84. The number of nitriles is 1. The summed E-state index contributed by atoms with van der Waals surface area (Å²) in [6.07, 6.45) is 3.18. The SMILES string of the molecule is Cc1cc2c(nc1N1CCC(OCC3(C)C[C@H]3C#N)CC1)CNC2=O. The van der Waals surface area contributed by atoms with E-state index in [-0.39, 0.29) is 23.3 Å². The predicted octanol–water partition coefficient (Wildman–Crippen LogP) is 2.17. The van der Waals surface area contributed by atoms with E-state index in [4.69, 9.17) is 15.0 Å². The molecule has 3 aliphatic rings. The van der Waals surface area contributed by atoms with Crippen molar-refractivity contribution in [3.63, 3.8) is 0 Å². The number of nitrogens with zero attached hydrogens (tertiary/aromatic N) is 3. The zero-order valence-electron chi connectivity index (χ0n) is 14.8. The zero-order valence-corrected chi connectivity index (χ0v) is 14.8. The number of hydrogen-bond acceptors (Lipinski definition) is 5. The summed E-state index contributed by atoms with van der Waals surface area (Å²) in [5.41, 5.74) is 2.69. The summed E-state index contributed by atoms with van der Waals surface area (Å²) >= 11 is 0. The van der Waals surface area contributed by atoms with Gasteiger partial charge in [0, 0.05) is 18.5 Å². The number of pyridine rings is 1. The van der Waals surface area contributed by atoms with Crippen LogP contribution in [0.3, 0.4) is 0 Å². The van der Waals surface area contributed by atoms with Crippen molar-refractivity contribution in [3.05, 3.63) is 22.9 Å². The summed E-state index contributed by atoms with van der Waals surface area (Å²) < 4.78 is 6.09. The summed E-state index contributed by atoms with van der Waals surface area (Å²) in [6.45, 7) is 7.21. The first-order valence-electron chi connectivity index (χ1n) is 9.05. The van der Waals surface area contributed by atoms with E-state index in [1.807, 2.05) is 13.0 Å². The normalized spacial score (nSPS) is 28.4. The van der Waals surface area contributed by atoms with Gasteiger partial charge in [-0.25, -0.2) is 4.98 Å². The van der Waals surface area contributed by atoms with Crippen LogP contribution in [0.5, 0.6) is 0 Å². The van der Waals surface area contributed by atoms with Crippen LogP contribution in [0, 0.1) is 29.6 Å². The number of fused-ring (bicyclic) bond motifs is 1. The fourth-order valence-corrected chi connectivity index (χ4v) is 3.86. The maximum absolute atomic E-state index is 11.7. The van der Waals surface area contributed by atoms with Crippen molar-refractivity contribution >= 4 is 11.7 Å². The molecule has 6 heteroatoms. The molecule has 1 aromatic rings. The van der Waals surface area contributed by atoms with E-state index in [9.17, 15) is 4.79 Å². The fourth-order valence-electron chi connectivity index (χ4n) is 3.86. The van der Waals surface area contributed by atoms with E-state index in [0.717, 1.165) is 49.4 Å². The Morgan fingerprint density at radius 1 is 1.48 bits per heavy atom. The predicted molar refractivity (Wildman–Crippen MR) is 93.2 cm³/mol. The van der Waals surface area contributed by atoms with Crippen molar-refractivity contribution in [3.8, 4) is 6.07 Å². The highest BCUT2D eigenvalue weighted by molar-refractivity contribution is 5.98. The molecule has 0 aromatic carbocycles. The number of carbonyl (C=O) groups is 1. The maximum atomic E-state index is 11.7. The molecule has 25 heavy (non-hydrogen) atoms. The lowest BCUT2D eigenvalue weighted by molar-refractivity contribution is 0.0107. The smallest absolute Gasteiger partial charge is 0.253 e. The van der Waals surface area contributed by atoms with Gasteiger partial charge >= 0.3 is 0 Å². The minimum atomic E-state index is -0.0199. The standard InChI is InChI=1S/C19H24N4O2/c1-12-7-15-16(10-21-18(15)24)22-17(12)23-5-3-14(4-6-23)25-11-19(2)8-13(19)9-20/h7,13-14H,3-6,8,10-11H2,1-2H3,(H,21,24)/t13-,19?/m0/s1. The van der Waals surface area contributed by atoms with E-state index in [1.54, 1.807) is 0 Å². The minimum Gasteiger partial charge on any atom is -0.377 e. The van der Waals surface area contributed by atoms with Crippen LogP contribution in [0.25, 0.3) is 0 Å². The first-order valence-corrected chi connectivity index (χ1v) is 9.05. The highest BCUT2D eigenvalue weighted by atomic mass is 16.5. The number of rotatable bonds is 4. The van der Waals surface area contributed by atoms with E-state index in [1.165, 1.54) is 0 Å². The van der Waals surface area contributed by atoms with Crippen molar-refractivity contribution in [2.24, 2.45) is 11.3 Å². The van der Waals surface area contributed by atoms with Gasteiger partial charge in [0.05, 0.1) is 42.5 Å². The molecule has 1 saturated heterocycles. The number of nitrogens with one attached hydrogen (secondary N) is 1. The van der Waals surface area contributed by atoms with Crippen LogP contribution < -0.4 is 10.2 Å². The number of piperidine rings is 1. The van der Waals surface area contributed by atoms with Gasteiger partial charge in [-0.05, 0) is 37.8 Å². The molecule has 0 radical (unpaired) electrons. The monoisotopic (exact) mass is 340 g/mol. The van der Waals surface area contributed by atoms with Gasteiger partial charge in [0.1, 0.15) is 5.82 Å². The van der Waals surface area contributed by atoms with Gasteiger partial charge in [-0.2, -0.15) is 5.26 Å². The molecule has 2 atom stereocenters. The Hall–Kier alpha value is -2.13. The van der Waals surface area contributed by atoms with Crippen LogP contribution in [0.1, 0.15) is 47.8 Å². The average molecular weight is 340 g/mol. The van der Waals surface area contributed by atoms with Gasteiger partial charge in [-0.15, -0.1) is 0 Å². The number of anilines is 1. The zero-order chi connectivity index (χ0) is 17.6. The number of aromatic nitrogens is 1. The van der Waals surface area contributed by atoms with Gasteiger partial charge < -0.3 is 15.0 Å². The van der Waals surface area contributed by atoms with Crippen LogP contribution in [0.2, 0.25) is 0 Å². The van der Waals surface area contributed by atoms with Gasteiger partial charge in [-0.1, -0.05) is 6.92 Å². The Balaban J connectivity index is 1.35. The van der Waals surface area contributed by atoms with Crippen LogP contribution in [-0.2, 0) is 11.3 Å². The average Bonchev–Trinajstić information content (AvgIpc) is 3.16. The van der Waals surface area contributed by atoms with E-state index < -0.39 is 0 Å². The van der Waals surface area contributed by atoms with E-state index in [0.29, 0.717) is 18.7 Å². The number of aryl methyl sites for hydroxylation is 1.